The molecule has 2 heterocycles. The van der Waals surface area contributed by atoms with Crippen LogP contribution in [0.15, 0.2) is 18.5 Å². The molecule has 1 saturated heterocycles. The van der Waals surface area contributed by atoms with Crippen LogP contribution in [0.2, 0.25) is 0 Å². The van der Waals surface area contributed by atoms with Crippen LogP contribution in [0.5, 0.6) is 0 Å². The Kier molecular flexibility index (Phi) is 4.22. The van der Waals surface area contributed by atoms with Crippen molar-refractivity contribution in [2.24, 2.45) is 7.05 Å². The number of hydrogen-bond acceptors (Lipinski definition) is 3. The van der Waals surface area contributed by atoms with E-state index in [4.69, 9.17) is 0 Å². The molecule has 0 N–H and O–H groups in total. The lowest BCUT2D eigenvalue weighted by Crippen LogP contribution is -2.50. The SMILES string of the molecule is Cn1ccc(C(=O)CN2CCN(C3CCCC3)CC2)c1. The molecule has 1 aromatic rings. The largest absolute Gasteiger partial charge is 0.357 e. The Labute approximate surface area is 121 Å². The molecule has 110 valence electrons. The molecule has 0 amide bonds. The first-order chi connectivity index (χ1) is 9.72. The average molecular weight is 275 g/mol. The van der Waals surface area contributed by atoms with Gasteiger partial charge in [0.1, 0.15) is 0 Å². The quantitative estimate of drug-likeness (QED) is 0.784. The fourth-order valence-corrected chi connectivity index (χ4v) is 3.52. The molecule has 2 fully saturated rings. The second-order valence-electron chi connectivity index (χ2n) is 6.24. The second-order valence-corrected chi connectivity index (χ2v) is 6.24. The number of aromatic nitrogens is 1. The smallest absolute Gasteiger partial charge is 0.178 e. The Morgan fingerprint density at radius 3 is 2.50 bits per heavy atom. The zero-order valence-electron chi connectivity index (χ0n) is 12.4. The zero-order valence-corrected chi connectivity index (χ0v) is 12.4. The second kappa shape index (κ2) is 6.10. The number of Topliss-reactive ketones (excluding diaryl/α,β-unsaturated/α-hetero) is 1. The molecule has 20 heavy (non-hydrogen) atoms. The summed E-state index contributed by atoms with van der Waals surface area (Å²) in [5, 5.41) is 0. The zero-order chi connectivity index (χ0) is 13.9. The van der Waals surface area contributed by atoms with Crippen molar-refractivity contribution in [1.82, 2.24) is 14.4 Å². The Bertz CT molecular complexity index is 454. The van der Waals surface area contributed by atoms with E-state index in [9.17, 15) is 4.79 Å². The first kappa shape index (κ1) is 13.8. The summed E-state index contributed by atoms with van der Waals surface area (Å²) in [5.74, 6) is 0.250. The van der Waals surface area contributed by atoms with Crippen molar-refractivity contribution >= 4 is 5.78 Å². The molecule has 0 unspecified atom stereocenters. The molecule has 0 spiro atoms. The lowest BCUT2D eigenvalue weighted by Gasteiger charge is -2.37. The van der Waals surface area contributed by atoms with Gasteiger partial charge in [0, 0.05) is 57.2 Å². The highest BCUT2D eigenvalue weighted by Crippen LogP contribution is 2.24. The van der Waals surface area contributed by atoms with Crippen molar-refractivity contribution in [1.29, 1.82) is 0 Å². The van der Waals surface area contributed by atoms with Gasteiger partial charge in [0.25, 0.3) is 0 Å². The van der Waals surface area contributed by atoms with Crippen LogP contribution in [0.25, 0.3) is 0 Å². The number of hydrogen-bond donors (Lipinski definition) is 0. The normalized spacial score (nSPS) is 22.4. The molecule has 1 aliphatic carbocycles. The van der Waals surface area contributed by atoms with Crippen LogP contribution in [0.3, 0.4) is 0 Å². The molecule has 3 rings (SSSR count). The highest BCUT2D eigenvalue weighted by molar-refractivity contribution is 5.97. The van der Waals surface area contributed by atoms with Gasteiger partial charge in [-0.05, 0) is 18.9 Å². The molecule has 1 aromatic heterocycles. The predicted octanol–water partition coefficient (Wildman–Crippen LogP) is 1.77. The predicted molar refractivity (Wildman–Crippen MR) is 80.0 cm³/mol. The van der Waals surface area contributed by atoms with Gasteiger partial charge in [0.2, 0.25) is 0 Å². The van der Waals surface area contributed by atoms with E-state index >= 15 is 0 Å². The molecule has 0 bridgehead atoms. The van der Waals surface area contributed by atoms with Crippen molar-refractivity contribution in [3.8, 4) is 0 Å². The summed E-state index contributed by atoms with van der Waals surface area (Å²) in [6.45, 7) is 4.91. The van der Waals surface area contributed by atoms with Crippen molar-refractivity contribution < 1.29 is 4.79 Å². The number of nitrogens with zero attached hydrogens (tertiary/aromatic N) is 3. The third-order valence-corrected chi connectivity index (χ3v) is 4.77. The molecule has 0 radical (unpaired) electrons. The molecule has 1 saturated carbocycles. The van der Waals surface area contributed by atoms with Crippen molar-refractivity contribution in [3.05, 3.63) is 24.0 Å². The van der Waals surface area contributed by atoms with E-state index in [1.807, 2.05) is 30.1 Å². The minimum Gasteiger partial charge on any atom is -0.357 e. The van der Waals surface area contributed by atoms with E-state index in [2.05, 4.69) is 9.80 Å². The number of aryl methyl sites for hydroxylation is 1. The van der Waals surface area contributed by atoms with Gasteiger partial charge in [-0.15, -0.1) is 0 Å². The minimum atomic E-state index is 0.250. The van der Waals surface area contributed by atoms with Gasteiger partial charge >= 0.3 is 0 Å². The number of carbonyl (C=O) groups is 1. The van der Waals surface area contributed by atoms with Gasteiger partial charge < -0.3 is 4.57 Å². The fraction of sp³-hybridized carbons (Fsp3) is 0.688. The van der Waals surface area contributed by atoms with Crippen LogP contribution in [0, 0.1) is 0 Å². The Morgan fingerprint density at radius 2 is 1.90 bits per heavy atom. The monoisotopic (exact) mass is 275 g/mol. The number of carbonyl (C=O) groups excluding carboxylic acids is 1. The van der Waals surface area contributed by atoms with Crippen LogP contribution < -0.4 is 0 Å². The molecule has 0 atom stereocenters. The van der Waals surface area contributed by atoms with Gasteiger partial charge in [-0.1, -0.05) is 12.8 Å². The van der Waals surface area contributed by atoms with Crippen molar-refractivity contribution in [2.75, 3.05) is 32.7 Å². The van der Waals surface area contributed by atoms with Crippen LogP contribution in [-0.2, 0) is 7.05 Å². The molecule has 0 aromatic carbocycles. The standard InChI is InChI=1S/C16H25N3O/c1-17-7-6-14(12-17)16(20)13-18-8-10-19(11-9-18)15-4-2-3-5-15/h6-7,12,15H,2-5,8-11,13H2,1H3. The maximum atomic E-state index is 12.2. The third kappa shape index (κ3) is 3.13. The molecule has 2 aliphatic rings. The van der Waals surface area contributed by atoms with Gasteiger partial charge in [0.05, 0.1) is 6.54 Å². The third-order valence-electron chi connectivity index (χ3n) is 4.77. The van der Waals surface area contributed by atoms with E-state index in [1.165, 1.54) is 25.7 Å². The van der Waals surface area contributed by atoms with Crippen molar-refractivity contribution in [3.63, 3.8) is 0 Å². The van der Waals surface area contributed by atoms with Gasteiger partial charge in [-0.2, -0.15) is 0 Å². The summed E-state index contributed by atoms with van der Waals surface area (Å²) in [4.78, 5) is 17.1. The number of rotatable bonds is 4. The van der Waals surface area contributed by atoms with Gasteiger partial charge in [0.15, 0.2) is 5.78 Å². The summed E-state index contributed by atoms with van der Waals surface area (Å²) < 4.78 is 1.94. The van der Waals surface area contributed by atoms with Gasteiger partial charge in [-0.25, -0.2) is 0 Å². The van der Waals surface area contributed by atoms with Crippen LogP contribution in [-0.4, -0.2) is 58.9 Å². The Balaban J connectivity index is 1.47. The average Bonchev–Trinajstić information content (AvgIpc) is 3.10. The summed E-state index contributed by atoms with van der Waals surface area (Å²) >= 11 is 0. The minimum absolute atomic E-state index is 0.250. The van der Waals surface area contributed by atoms with E-state index < -0.39 is 0 Å². The molecular weight excluding hydrogens is 250 g/mol. The first-order valence-corrected chi connectivity index (χ1v) is 7.84. The molecule has 1 aliphatic heterocycles. The lowest BCUT2D eigenvalue weighted by molar-refractivity contribution is 0.0775. The van der Waals surface area contributed by atoms with Crippen LogP contribution >= 0.6 is 0 Å². The first-order valence-electron chi connectivity index (χ1n) is 7.84. The molecular formula is C16H25N3O. The van der Waals surface area contributed by atoms with Crippen LogP contribution in [0.1, 0.15) is 36.0 Å². The highest BCUT2D eigenvalue weighted by atomic mass is 16.1. The summed E-state index contributed by atoms with van der Waals surface area (Å²) in [6, 6.07) is 2.74. The maximum Gasteiger partial charge on any atom is 0.178 e. The van der Waals surface area contributed by atoms with E-state index in [1.54, 1.807) is 0 Å². The number of ketones is 1. The summed E-state index contributed by atoms with van der Waals surface area (Å²) in [7, 11) is 1.96. The summed E-state index contributed by atoms with van der Waals surface area (Å²) in [5.41, 5.74) is 0.839. The number of piperazine rings is 1. The Morgan fingerprint density at radius 1 is 1.20 bits per heavy atom. The molecule has 4 nitrogen and oxygen atoms in total. The summed E-state index contributed by atoms with van der Waals surface area (Å²) in [6.07, 6.45) is 9.41. The topological polar surface area (TPSA) is 28.5 Å². The van der Waals surface area contributed by atoms with Crippen LogP contribution in [0.4, 0.5) is 0 Å². The Hall–Kier alpha value is -1.13. The van der Waals surface area contributed by atoms with E-state index in [-0.39, 0.29) is 5.78 Å². The van der Waals surface area contributed by atoms with Crippen molar-refractivity contribution in [2.45, 2.75) is 31.7 Å². The van der Waals surface area contributed by atoms with E-state index in [0.29, 0.717) is 6.54 Å². The fourth-order valence-electron chi connectivity index (χ4n) is 3.52. The molecule has 4 heteroatoms. The van der Waals surface area contributed by atoms with Gasteiger partial charge in [-0.3, -0.25) is 14.6 Å². The maximum absolute atomic E-state index is 12.2. The van der Waals surface area contributed by atoms with E-state index in [0.717, 1.165) is 37.8 Å². The lowest BCUT2D eigenvalue weighted by atomic mass is 10.1. The highest BCUT2D eigenvalue weighted by Gasteiger charge is 2.26.